The Kier molecular flexibility index (Phi) is 6.16. The molecule has 0 unspecified atom stereocenters. The molecular formula is C15H28N4O3. The number of amides is 3. The number of rotatable bonds is 4. The molecule has 2 heterocycles. The van der Waals surface area contributed by atoms with Gasteiger partial charge in [0.05, 0.1) is 12.6 Å². The summed E-state index contributed by atoms with van der Waals surface area (Å²) in [5.41, 5.74) is 0. The highest BCUT2D eigenvalue weighted by atomic mass is 16.5. The molecule has 2 N–H and O–H groups in total. The van der Waals surface area contributed by atoms with Gasteiger partial charge < -0.3 is 10.1 Å². The average molecular weight is 312 g/mol. The number of nitrogens with one attached hydrogen (secondary N) is 2. The minimum Gasteiger partial charge on any atom is -0.380 e. The average Bonchev–Trinajstić information content (AvgIpc) is 2.99. The highest BCUT2D eigenvalue weighted by molar-refractivity contribution is 5.96. The molecule has 2 saturated heterocycles. The monoisotopic (exact) mass is 312 g/mol. The van der Waals surface area contributed by atoms with Gasteiger partial charge in [0.2, 0.25) is 5.91 Å². The number of hydrogen-bond donors (Lipinski definition) is 2. The zero-order valence-electron chi connectivity index (χ0n) is 13.8. The summed E-state index contributed by atoms with van der Waals surface area (Å²) in [6.45, 7) is 10.8. The lowest BCUT2D eigenvalue weighted by molar-refractivity contribution is -0.125. The van der Waals surface area contributed by atoms with Crippen LogP contribution in [0.15, 0.2) is 0 Å². The summed E-state index contributed by atoms with van der Waals surface area (Å²) >= 11 is 0. The molecule has 0 bridgehead atoms. The van der Waals surface area contributed by atoms with Gasteiger partial charge in [-0.3, -0.25) is 19.9 Å². The largest absolute Gasteiger partial charge is 0.380 e. The molecule has 3 amide bonds. The second-order valence-corrected chi connectivity index (χ2v) is 6.38. The van der Waals surface area contributed by atoms with Gasteiger partial charge in [0.15, 0.2) is 0 Å². The molecule has 0 aromatic heterocycles. The molecule has 2 rings (SSSR count). The van der Waals surface area contributed by atoms with Crippen molar-refractivity contribution < 1.29 is 14.3 Å². The van der Waals surface area contributed by atoms with Crippen LogP contribution in [0.25, 0.3) is 0 Å². The molecule has 2 fully saturated rings. The third kappa shape index (κ3) is 4.66. The Bertz CT molecular complexity index is 388. The third-order valence-corrected chi connectivity index (χ3v) is 4.35. The number of nitrogens with zero attached hydrogens (tertiary/aromatic N) is 2. The molecule has 0 saturated carbocycles. The third-order valence-electron chi connectivity index (χ3n) is 4.35. The van der Waals surface area contributed by atoms with E-state index < -0.39 is 6.03 Å². The van der Waals surface area contributed by atoms with Crippen molar-refractivity contribution in [2.24, 2.45) is 0 Å². The zero-order chi connectivity index (χ0) is 16.1. The molecule has 22 heavy (non-hydrogen) atoms. The van der Waals surface area contributed by atoms with Crippen LogP contribution in [-0.2, 0) is 9.53 Å². The van der Waals surface area contributed by atoms with E-state index in [-0.39, 0.29) is 18.0 Å². The van der Waals surface area contributed by atoms with Crippen LogP contribution in [0.1, 0.15) is 27.2 Å². The number of carbonyl (C=O) groups excluding carboxylic acids is 2. The van der Waals surface area contributed by atoms with Gasteiger partial charge >= 0.3 is 6.03 Å². The van der Waals surface area contributed by atoms with Crippen LogP contribution < -0.4 is 10.6 Å². The highest BCUT2D eigenvalue weighted by Crippen LogP contribution is 2.15. The summed E-state index contributed by atoms with van der Waals surface area (Å²) in [7, 11) is 0. The minimum absolute atomic E-state index is 0.0141. The number of hydrogen-bond acceptors (Lipinski definition) is 5. The highest BCUT2D eigenvalue weighted by Gasteiger charge is 2.30. The van der Waals surface area contributed by atoms with Gasteiger partial charge in [-0.1, -0.05) is 0 Å². The maximum absolute atomic E-state index is 12.1. The molecule has 0 aromatic carbocycles. The summed E-state index contributed by atoms with van der Waals surface area (Å²) in [4.78, 5) is 28.3. The predicted octanol–water partition coefficient (Wildman–Crippen LogP) is 0.0156. The summed E-state index contributed by atoms with van der Waals surface area (Å²) in [5, 5.41) is 5.07. The topological polar surface area (TPSA) is 73.9 Å². The lowest BCUT2D eigenvalue weighted by Gasteiger charge is -2.39. The van der Waals surface area contributed by atoms with Crippen molar-refractivity contribution in [1.82, 2.24) is 20.4 Å². The maximum atomic E-state index is 12.1. The van der Waals surface area contributed by atoms with E-state index in [9.17, 15) is 9.59 Å². The molecule has 7 nitrogen and oxygen atoms in total. The zero-order valence-corrected chi connectivity index (χ0v) is 13.8. The van der Waals surface area contributed by atoms with Crippen molar-refractivity contribution in [1.29, 1.82) is 0 Å². The van der Waals surface area contributed by atoms with Gasteiger partial charge in [-0.25, -0.2) is 4.79 Å². The van der Waals surface area contributed by atoms with E-state index in [0.717, 1.165) is 45.8 Å². The lowest BCUT2D eigenvalue weighted by Crippen LogP contribution is -2.57. The summed E-state index contributed by atoms with van der Waals surface area (Å²) in [6.07, 6.45) is 1.10. The van der Waals surface area contributed by atoms with Crippen molar-refractivity contribution in [3.05, 3.63) is 0 Å². The van der Waals surface area contributed by atoms with Crippen LogP contribution in [0.2, 0.25) is 0 Å². The second kappa shape index (κ2) is 7.89. The van der Waals surface area contributed by atoms with Crippen LogP contribution >= 0.6 is 0 Å². The first-order valence-corrected chi connectivity index (χ1v) is 8.14. The summed E-state index contributed by atoms with van der Waals surface area (Å²) in [6, 6.07) is -0.170. The molecule has 0 spiro atoms. The molecule has 2 aliphatic heterocycles. The lowest BCUT2D eigenvalue weighted by atomic mass is 10.1. The van der Waals surface area contributed by atoms with Crippen LogP contribution in [0.3, 0.4) is 0 Å². The minimum atomic E-state index is -0.423. The molecule has 2 aliphatic rings. The SMILES string of the molecule is CC(C)NC(=O)NC(=O)[C@@H](C)N1CCN([C@@H]2CCOC2)CC1. The predicted molar refractivity (Wildman–Crippen MR) is 83.6 cm³/mol. The van der Waals surface area contributed by atoms with E-state index in [0.29, 0.717) is 6.04 Å². The Morgan fingerprint density at radius 3 is 2.36 bits per heavy atom. The van der Waals surface area contributed by atoms with E-state index in [1.807, 2.05) is 20.8 Å². The van der Waals surface area contributed by atoms with E-state index in [2.05, 4.69) is 20.4 Å². The van der Waals surface area contributed by atoms with Gasteiger partial charge in [0.25, 0.3) is 0 Å². The Balaban J connectivity index is 1.75. The van der Waals surface area contributed by atoms with E-state index in [4.69, 9.17) is 4.74 Å². The molecule has 7 heteroatoms. The quantitative estimate of drug-likeness (QED) is 0.765. The molecule has 0 aliphatic carbocycles. The number of piperazine rings is 1. The Morgan fingerprint density at radius 2 is 1.82 bits per heavy atom. The fraction of sp³-hybridized carbons (Fsp3) is 0.867. The standard InChI is InChI=1S/C15H28N4O3/c1-11(2)16-15(21)17-14(20)12(3)18-5-7-19(8-6-18)13-4-9-22-10-13/h11-13H,4-10H2,1-3H3,(H2,16,17,20,21)/t12-,13-/m1/s1. The van der Waals surface area contributed by atoms with Crippen molar-refractivity contribution in [3.8, 4) is 0 Å². The normalized spacial score (nSPS) is 25.2. The van der Waals surface area contributed by atoms with E-state index in [1.165, 1.54) is 0 Å². The van der Waals surface area contributed by atoms with Crippen LogP contribution in [0.5, 0.6) is 0 Å². The number of urea groups is 1. The number of carbonyl (C=O) groups is 2. The van der Waals surface area contributed by atoms with Crippen LogP contribution in [0, 0.1) is 0 Å². The second-order valence-electron chi connectivity index (χ2n) is 6.38. The van der Waals surface area contributed by atoms with Gasteiger partial charge in [0.1, 0.15) is 0 Å². The maximum Gasteiger partial charge on any atom is 0.321 e. The Labute approximate surface area is 132 Å². The number of ether oxygens (including phenoxy) is 1. The molecule has 0 radical (unpaired) electrons. The van der Waals surface area contributed by atoms with E-state index >= 15 is 0 Å². The first-order valence-electron chi connectivity index (χ1n) is 8.14. The van der Waals surface area contributed by atoms with Crippen molar-refractivity contribution in [2.75, 3.05) is 39.4 Å². The van der Waals surface area contributed by atoms with Crippen LogP contribution in [0.4, 0.5) is 4.79 Å². The number of imide groups is 1. The van der Waals surface area contributed by atoms with Gasteiger partial charge in [0, 0.05) is 44.9 Å². The fourth-order valence-electron chi connectivity index (χ4n) is 2.98. The molecule has 0 aromatic rings. The Morgan fingerprint density at radius 1 is 1.14 bits per heavy atom. The van der Waals surface area contributed by atoms with Crippen molar-refractivity contribution in [2.45, 2.75) is 45.3 Å². The Hall–Kier alpha value is -1.18. The van der Waals surface area contributed by atoms with Gasteiger partial charge in [-0.15, -0.1) is 0 Å². The summed E-state index contributed by atoms with van der Waals surface area (Å²) < 4.78 is 5.43. The van der Waals surface area contributed by atoms with Crippen LogP contribution in [-0.4, -0.2) is 79.3 Å². The fourth-order valence-corrected chi connectivity index (χ4v) is 2.98. The molecular weight excluding hydrogens is 284 g/mol. The first-order chi connectivity index (χ1) is 10.5. The first kappa shape index (κ1) is 17.2. The van der Waals surface area contributed by atoms with E-state index in [1.54, 1.807) is 0 Å². The van der Waals surface area contributed by atoms with Gasteiger partial charge in [-0.05, 0) is 27.2 Å². The molecule has 2 atom stereocenters. The van der Waals surface area contributed by atoms with Crippen molar-refractivity contribution in [3.63, 3.8) is 0 Å². The smallest absolute Gasteiger partial charge is 0.321 e. The summed E-state index contributed by atoms with van der Waals surface area (Å²) in [5.74, 6) is -0.240. The van der Waals surface area contributed by atoms with Gasteiger partial charge in [-0.2, -0.15) is 0 Å². The molecule has 126 valence electrons. The van der Waals surface area contributed by atoms with Crippen molar-refractivity contribution >= 4 is 11.9 Å².